The number of nitrogens with zero attached hydrogens (tertiary/aromatic N) is 1. The van der Waals surface area contributed by atoms with Crippen LogP contribution in [0.1, 0.15) is 38.2 Å². The summed E-state index contributed by atoms with van der Waals surface area (Å²) < 4.78 is 11.3. The summed E-state index contributed by atoms with van der Waals surface area (Å²) >= 11 is 3.41. The first-order valence-electron chi connectivity index (χ1n) is 8.34. The molecule has 1 aromatic rings. The highest BCUT2D eigenvalue weighted by Crippen LogP contribution is 2.34. The summed E-state index contributed by atoms with van der Waals surface area (Å²) in [7, 11) is 3.10. The summed E-state index contributed by atoms with van der Waals surface area (Å²) in [5.41, 5.74) is 0.701. The summed E-state index contributed by atoms with van der Waals surface area (Å²) in [6.45, 7) is 2.14. The minimum Gasteiger partial charge on any atom is -0.496 e. The molecule has 1 aliphatic carbocycles. The number of nitrogens with one attached hydrogen (secondary N) is 1. The third kappa shape index (κ3) is 4.76. The average Bonchev–Trinajstić information content (AvgIpc) is 2.61. The third-order valence-electron chi connectivity index (χ3n) is 4.60. The number of amides is 1. The lowest BCUT2D eigenvalue weighted by atomic mass is 9.86. The summed E-state index contributed by atoms with van der Waals surface area (Å²) in [5.74, 6) is 1.25. The van der Waals surface area contributed by atoms with Gasteiger partial charge in [0, 0.05) is 17.7 Å². The van der Waals surface area contributed by atoms with E-state index < -0.39 is 0 Å². The Kier molecular flexibility index (Phi) is 6.89. The molecule has 1 fully saturated rings. The molecule has 0 aliphatic heterocycles. The standard InChI is InChI=1S/C19H23BrN2O3/c1-12-6-4-5-7-16(12)22-19(23)14(11-21)8-13-9-15(20)18(25-3)10-17(13)24-2/h8-10,12,16H,4-7H2,1-3H3,(H,22,23)/b14-8+/t12-,16+/m1/s1. The first-order chi connectivity index (χ1) is 12.0. The monoisotopic (exact) mass is 406 g/mol. The summed E-state index contributed by atoms with van der Waals surface area (Å²) in [6, 6.07) is 5.61. The molecule has 6 heteroatoms. The molecule has 0 saturated heterocycles. The zero-order valence-corrected chi connectivity index (χ0v) is 16.4. The fourth-order valence-electron chi connectivity index (χ4n) is 3.08. The van der Waals surface area contributed by atoms with E-state index in [2.05, 4.69) is 28.2 Å². The lowest BCUT2D eigenvalue weighted by Gasteiger charge is -2.29. The number of methoxy groups -OCH3 is 2. The number of benzene rings is 1. The molecule has 25 heavy (non-hydrogen) atoms. The van der Waals surface area contributed by atoms with Crippen molar-refractivity contribution in [1.82, 2.24) is 5.32 Å². The highest BCUT2D eigenvalue weighted by Gasteiger charge is 2.24. The van der Waals surface area contributed by atoms with Crippen LogP contribution < -0.4 is 14.8 Å². The van der Waals surface area contributed by atoms with E-state index in [9.17, 15) is 10.1 Å². The van der Waals surface area contributed by atoms with Gasteiger partial charge in [0.2, 0.25) is 0 Å². The Morgan fingerprint density at radius 2 is 1.96 bits per heavy atom. The average molecular weight is 407 g/mol. The molecule has 1 N–H and O–H groups in total. The van der Waals surface area contributed by atoms with E-state index in [1.807, 2.05) is 6.07 Å². The number of rotatable bonds is 5. The van der Waals surface area contributed by atoms with Crippen LogP contribution >= 0.6 is 15.9 Å². The fraction of sp³-hybridized carbons (Fsp3) is 0.474. The van der Waals surface area contributed by atoms with E-state index in [1.54, 1.807) is 25.3 Å². The lowest BCUT2D eigenvalue weighted by molar-refractivity contribution is -0.118. The van der Waals surface area contributed by atoms with Gasteiger partial charge in [-0.1, -0.05) is 19.8 Å². The lowest BCUT2D eigenvalue weighted by Crippen LogP contribution is -2.41. The normalized spacial score (nSPS) is 20.5. The van der Waals surface area contributed by atoms with Crippen molar-refractivity contribution in [2.45, 2.75) is 38.6 Å². The van der Waals surface area contributed by atoms with Crippen LogP contribution in [-0.4, -0.2) is 26.2 Å². The van der Waals surface area contributed by atoms with Crippen LogP contribution in [0.2, 0.25) is 0 Å². The molecule has 0 spiro atoms. The van der Waals surface area contributed by atoms with Crippen molar-refractivity contribution in [2.24, 2.45) is 5.92 Å². The van der Waals surface area contributed by atoms with E-state index in [0.717, 1.165) is 23.7 Å². The number of halogens is 1. The molecule has 1 saturated carbocycles. The van der Waals surface area contributed by atoms with Gasteiger partial charge in [-0.3, -0.25) is 4.79 Å². The van der Waals surface area contributed by atoms with Gasteiger partial charge in [0.25, 0.3) is 5.91 Å². The van der Waals surface area contributed by atoms with Crippen LogP contribution in [0.3, 0.4) is 0 Å². The quantitative estimate of drug-likeness (QED) is 0.590. The maximum absolute atomic E-state index is 12.5. The van der Waals surface area contributed by atoms with Gasteiger partial charge in [0.1, 0.15) is 23.1 Å². The Bertz CT molecular complexity index is 709. The molecule has 0 aromatic heterocycles. The van der Waals surface area contributed by atoms with Crippen molar-refractivity contribution >= 4 is 27.9 Å². The molecule has 1 amide bonds. The maximum Gasteiger partial charge on any atom is 0.262 e. The van der Waals surface area contributed by atoms with Crippen molar-refractivity contribution in [3.05, 3.63) is 27.7 Å². The molecular formula is C19H23BrN2O3. The van der Waals surface area contributed by atoms with E-state index in [-0.39, 0.29) is 17.5 Å². The van der Waals surface area contributed by atoms with Crippen molar-refractivity contribution in [3.63, 3.8) is 0 Å². The molecule has 2 rings (SSSR count). The Hall–Kier alpha value is -2.00. The van der Waals surface area contributed by atoms with Crippen LogP contribution in [0.25, 0.3) is 6.08 Å². The second-order valence-electron chi connectivity index (χ2n) is 6.24. The molecular weight excluding hydrogens is 384 g/mol. The van der Waals surface area contributed by atoms with Gasteiger partial charge in [-0.2, -0.15) is 5.26 Å². The Morgan fingerprint density at radius 1 is 1.28 bits per heavy atom. The molecule has 2 atom stereocenters. The van der Waals surface area contributed by atoms with E-state index in [1.165, 1.54) is 13.5 Å². The molecule has 0 unspecified atom stereocenters. The highest BCUT2D eigenvalue weighted by molar-refractivity contribution is 9.10. The van der Waals surface area contributed by atoms with Crippen LogP contribution in [0.15, 0.2) is 22.2 Å². The fourth-order valence-corrected chi connectivity index (χ4v) is 3.60. The molecule has 5 nitrogen and oxygen atoms in total. The Morgan fingerprint density at radius 3 is 2.56 bits per heavy atom. The summed E-state index contributed by atoms with van der Waals surface area (Å²) in [6.07, 6.45) is 5.93. The van der Waals surface area contributed by atoms with Gasteiger partial charge in [-0.05, 0) is 46.8 Å². The zero-order chi connectivity index (χ0) is 18.4. The second kappa shape index (κ2) is 8.91. The number of hydrogen-bond donors (Lipinski definition) is 1. The zero-order valence-electron chi connectivity index (χ0n) is 14.8. The maximum atomic E-state index is 12.5. The predicted molar refractivity (Wildman–Crippen MR) is 100 cm³/mol. The molecule has 1 aliphatic rings. The number of carbonyl (C=O) groups is 1. The van der Waals surface area contributed by atoms with Crippen molar-refractivity contribution in [2.75, 3.05) is 14.2 Å². The van der Waals surface area contributed by atoms with Crippen LogP contribution in [-0.2, 0) is 4.79 Å². The van der Waals surface area contributed by atoms with Crippen LogP contribution in [0.4, 0.5) is 0 Å². The molecule has 0 bridgehead atoms. The summed E-state index contributed by atoms with van der Waals surface area (Å²) in [5, 5.41) is 12.4. The van der Waals surface area contributed by atoms with Gasteiger partial charge in [-0.15, -0.1) is 0 Å². The van der Waals surface area contributed by atoms with E-state index in [0.29, 0.717) is 23.0 Å². The van der Waals surface area contributed by atoms with Crippen LogP contribution in [0.5, 0.6) is 11.5 Å². The van der Waals surface area contributed by atoms with Crippen molar-refractivity contribution < 1.29 is 14.3 Å². The molecule has 1 aromatic carbocycles. The molecule has 0 radical (unpaired) electrons. The Balaban J connectivity index is 2.26. The first-order valence-corrected chi connectivity index (χ1v) is 9.13. The van der Waals surface area contributed by atoms with Gasteiger partial charge in [-0.25, -0.2) is 0 Å². The number of hydrogen-bond acceptors (Lipinski definition) is 4. The highest BCUT2D eigenvalue weighted by atomic mass is 79.9. The molecule has 0 heterocycles. The van der Waals surface area contributed by atoms with Gasteiger partial charge < -0.3 is 14.8 Å². The predicted octanol–water partition coefficient (Wildman–Crippen LogP) is 4.07. The minimum absolute atomic E-state index is 0.0631. The Labute approximate surface area is 157 Å². The second-order valence-corrected chi connectivity index (χ2v) is 7.09. The van der Waals surface area contributed by atoms with Crippen molar-refractivity contribution in [1.29, 1.82) is 5.26 Å². The summed E-state index contributed by atoms with van der Waals surface area (Å²) in [4.78, 5) is 12.5. The first kappa shape index (κ1) is 19.3. The minimum atomic E-state index is -0.338. The van der Waals surface area contributed by atoms with E-state index in [4.69, 9.17) is 9.47 Å². The van der Waals surface area contributed by atoms with Crippen molar-refractivity contribution in [3.8, 4) is 17.6 Å². The van der Waals surface area contributed by atoms with Gasteiger partial charge in [0.15, 0.2) is 0 Å². The van der Waals surface area contributed by atoms with Crippen LogP contribution in [0, 0.1) is 17.2 Å². The smallest absolute Gasteiger partial charge is 0.262 e. The number of carbonyl (C=O) groups excluding carboxylic acids is 1. The largest absolute Gasteiger partial charge is 0.496 e. The molecule has 134 valence electrons. The van der Waals surface area contributed by atoms with E-state index >= 15 is 0 Å². The van der Waals surface area contributed by atoms with Gasteiger partial charge >= 0.3 is 0 Å². The van der Waals surface area contributed by atoms with Gasteiger partial charge in [0.05, 0.1) is 18.7 Å². The number of nitriles is 1. The number of ether oxygens (including phenoxy) is 2. The third-order valence-corrected chi connectivity index (χ3v) is 5.22. The SMILES string of the molecule is COc1cc(OC)c(/C=C(\C#N)C(=O)N[C@H]2CCCC[C@H]2C)cc1Br. The topological polar surface area (TPSA) is 71.3 Å².